The van der Waals surface area contributed by atoms with Gasteiger partial charge in [0.05, 0.1) is 17.5 Å². The fourth-order valence-corrected chi connectivity index (χ4v) is 2.41. The van der Waals surface area contributed by atoms with Gasteiger partial charge in [-0.05, 0) is 35.7 Å². The number of sulfonamides is 1. The van der Waals surface area contributed by atoms with Crippen LogP contribution in [-0.4, -0.2) is 35.7 Å². The van der Waals surface area contributed by atoms with Crippen LogP contribution in [0, 0.1) is 0 Å². The largest absolute Gasteiger partial charge is 0.244 e. The van der Waals surface area contributed by atoms with Crippen LogP contribution in [0.2, 0.25) is 0 Å². The van der Waals surface area contributed by atoms with E-state index in [0.29, 0.717) is 11.1 Å². The van der Waals surface area contributed by atoms with Crippen molar-refractivity contribution in [2.24, 2.45) is 0 Å². The fraction of sp³-hybridized carbons (Fsp3) is 0.750. The van der Waals surface area contributed by atoms with Crippen LogP contribution in [0.1, 0.15) is 19.8 Å². The second-order valence-electron chi connectivity index (χ2n) is 3.93. The van der Waals surface area contributed by atoms with Gasteiger partial charge in [0.1, 0.15) is 4.60 Å². The second kappa shape index (κ2) is 4.08. The van der Waals surface area contributed by atoms with Crippen LogP contribution in [0.4, 0.5) is 0 Å². The molecule has 1 saturated carbocycles. The van der Waals surface area contributed by atoms with Crippen molar-refractivity contribution in [1.82, 2.24) is 19.7 Å². The molecule has 0 radical (unpaired) electrons. The summed E-state index contributed by atoms with van der Waals surface area (Å²) in [5.74, 6) is 0.101. The molecule has 90 valence electrons. The Kier molecular flexibility index (Phi) is 3.06. The minimum absolute atomic E-state index is 0.101. The Balaban J connectivity index is 2.05. The summed E-state index contributed by atoms with van der Waals surface area (Å²) in [6.45, 7) is 2.01. The summed E-state index contributed by atoms with van der Waals surface area (Å²) in [7, 11) is -3.14. The molecule has 1 aromatic rings. The third-order valence-electron chi connectivity index (χ3n) is 2.78. The first-order valence-corrected chi connectivity index (χ1v) is 7.48. The van der Waals surface area contributed by atoms with Crippen molar-refractivity contribution in [3.63, 3.8) is 0 Å². The number of hydrogen-bond acceptors (Lipinski definition) is 4. The van der Waals surface area contributed by atoms with Gasteiger partial charge in [0, 0.05) is 6.54 Å². The minimum Gasteiger partial charge on any atom is -0.244 e. The molecule has 8 heteroatoms. The number of nitrogens with one attached hydrogen (secondary N) is 1. The van der Waals surface area contributed by atoms with Gasteiger partial charge in [-0.2, -0.15) is 0 Å². The molecule has 16 heavy (non-hydrogen) atoms. The number of halogens is 1. The molecule has 1 fully saturated rings. The molecular formula is C8H13BrN4O2S. The molecule has 0 aliphatic heterocycles. The Labute approximate surface area is 103 Å². The van der Waals surface area contributed by atoms with E-state index in [1.54, 1.807) is 17.8 Å². The third-order valence-corrected chi connectivity index (χ3v) is 4.49. The van der Waals surface area contributed by atoms with Crippen molar-refractivity contribution in [3.05, 3.63) is 10.8 Å². The Morgan fingerprint density at radius 1 is 1.62 bits per heavy atom. The van der Waals surface area contributed by atoms with Crippen molar-refractivity contribution < 1.29 is 8.42 Å². The van der Waals surface area contributed by atoms with Crippen LogP contribution in [0.3, 0.4) is 0 Å². The van der Waals surface area contributed by atoms with Crippen molar-refractivity contribution in [1.29, 1.82) is 0 Å². The van der Waals surface area contributed by atoms with Crippen LogP contribution in [0.25, 0.3) is 0 Å². The smallest absolute Gasteiger partial charge is 0.211 e. The van der Waals surface area contributed by atoms with Crippen molar-refractivity contribution in [3.8, 4) is 0 Å². The van der Waals surface area contributed by atoms with Gasteiger partial charge in [-0.25, -0.2) is 17.8 Å². The maximum absolute atomic E-state index is 11.3. The summed E-state index contributed by atoms with van der Waals surface area (Å²) in [6, 6.07) is 0. The zero-order valence-corrected chi connectivity index (χ0v) is 11.3. The number of nitrogens with zero attached hydrogens (tertiary/aromatic N) is 3. The molecule has 0 bridgehead atoms. The molecule has 1 aliphatic carbocycles. The first-order valence-electron chi connectivity index (χ1n) is 5.03. The normalized spacial score (nSPS) is 18.6. The predicted octanol–water partition coefficient (Wildman–Crippen LogP) is 0.469. The van der Waals surface area contributed by atoms with Crippen LogP contribution in [0.5, 0.6) is 0 Å². The van der Waals surface area contributed by atoms with Gasteiger partial charge in [-0.15, -0.1) is 5.10 Å². The molecule has 1 N–H and O–H groups in total. The molecule has 1 aliphatic rings. The van der Waals surface area contributed by atoms with E-state index in [0.717, 1.165) is 12.8 Å². The lowest BCUT2D eigenvalue weighted by Crippen LogP contribution is -2.36. The second-order valence-corrected chi connectivity index (χ2v) is 6.84. The molecule has 6 nitrogen and oxygen atoms in total. The Morgan fingerprint density at radius 2 is 2.31 bits per heavy atom. The maximum atomic E-state index is 11.3. The van der Waals surface area contributed by atoms with Gasteiger partial charge in [0.2, 0.25) is 10.0 Å². The highest BCUT2D eigenvalue weighted by molar-refractivity contribution is 9.10. The molecule has 0 amide bonds. The summed E-state index contributed by atoms with van der Waals surface area (Å²) < 4.78 is 27.7. The quantitative estimate of drug-likeness (QED) is 0.858. The SMILES string of the molecule is CCS(=O)(=O)NCC1(n2cc(Br)nn2)CC1. The monoisotopic (exact) mass is 308 g/mol. The van der Waals surface area contributed by atoms with Gasteiger partial charge in [-0.1, -0.05) is 5.21 Å². The zero-order valence-electron chi connectivity index (χ0n) is 8.85. The Bertz CT molecular complexity index is 480. The summed E-state index contributed by atoms with van der Waals surface area (Å²) in [5.41, 5.74) is -0.207. The summed E-state index contributed by atoms with van der Waals surface area (Å²) in [4.78, 5) is 0. The van der Waals surface area contributed by atoms with Crippen LogP contribution >= 0.6 is 15.9 Å². The highest BCUT2D eigenvalue weighted by Gasteiger charge is 2.46. The summed E-state index contributed by atoms with van der Waals surface area (Å²) in [6.07, 6.45) is 3.62. The molecule has 0 atom stereocenters. The number of hydrogen-bond donors (Lipinski definition) is 1. The van der Waals surface area contributed by atoms with Gasteiger partial charge in [0.15, 0.2) is 0 Å². The Hall–Kier alpha value is -0.470. The molecule has 2 rings (SSSR count). The minimum atomic E-state index is -3.14. The number of rotatable bonds is 5. The van der Waals surface area contributed by atoms with E-state index < -0.39 is 10.0 Å². The molecule has 1 heterocycles. The molecule has 0 aromatic carbocycles. The molecule has 1 aromatic heterocycles. The highest BCUT2D eigenvalue weighted by atomic mass is 79.9. The van der Waals surface area contributed by atoms with Gasteiger partial charge in [-0.3, -0.25) is 0 Å². The molecular weight excluding hydrogens is 296 g/mol. The van der Waals surface area contributed by atoms with E-state index in [1.165, 1.54) is 0 Å². The first-order chi connectivity index (χ1) is 7.47. The third kappa shape index (κ3) is 2.44. The van der Waals surface area contributed by atoms with Gasteiger partial charge in [0.25, 0.3) is 0 Å². The van der Waals surface area contributed by atoms with Gasteiger partial charge >= 0.3 is 0 Å². The first kappa shape index (κ1) is 12.0. The van der Waals surface area contributed by atoms with Crippen molar-refractivity contribution in [2.45, 2.75) is 25.3 Å². The van der Waals surface area contributed by atoms with E-state index >= 15 is 0 Å². The van der Waals surface area contributed by atoms with E-state index in [9.17, 15) is 8.42 Å². The lowest BCUT2D eigenvalue weighted by Gasteiger charge is -2.15. The van der Waals surface area contributed by atoms with E-state index in [2.05, 4.69) is 31.0 Å². The average molecular weight is 309 g/mol. The lowest BCUT2D eigenvalue weighted by atomic mass is 10.3. The molecule has 0 saturated heterocycles. The maximum Gasteiger partial charge on any atom is 0.211 e. The zero-order chi connectivity index (χ0) is 11.8. The van der Waals surface area contributed by atoms with E-state index in [-0.39, 0.29) is 11.3 Å². The Morgan fingerprint density at radius 3 is 2.75 bits per heavy atom. The molecule has 0 spiro atoms. The topological polar surface area (TPSA) is 76.9 Å². The standard InChI is InChI=1S/C8H13BrN4O2S/c1-2-16(14,15)10-6-8(3-4-8)13-5-7(9)11-12-13/h5,10H,2-4,6H2,1H3. The average Bonchev–Trinajstić information content (AvgIpc) is 2.93. The van der Waals surface area contributed by atoms with Gasteiger partial charge < -0.3 is 0 Å². The van der Waals surface area contributed by atoms with Crippen LogP contribution in [-0.2, 0) is 15.6 Å². The van der Waals surface area contributed by atoms with E-state index in [1.807, 2.05) is 0 Å². The predicted molar refractivity (Wildman–Crippen MR) is 62.4 cm³/mol. The van der Waals surface area contributed by atoms with Crippen LogP contribution in [0.15, 0.2) is 10.8 Å². The lowest BCUT2D eigenvalue weighted by molar-refractivity contribution is 0.414. The molecule has 0 unspecified atom stereocenters. The summed E-state index contributed by atoms with van der Waals surface area (Å²) in [5, 5.41) is 7.80. The highest BCUT2D eigenvalue weighted by Crippen LogP contribution is 2.42. The van der Waals surface area contributed by atoms with E-state index in [4.69, 9.17) is 0 Å². The fourth-order valence-electron chi connectivity index (χ4n) is 1.45. The summed E-state index contributed by atoms with van der Waals surface area (Å²) >= 11 is 3.22. The van der Waals surface area contributed by atoms with Crippen LogP contribution < -0.4 is 4.72 Å². The van der Waals surface area contributed by atoms with Crippen molar-refractivity contribution in [2.75, 3.05) is 12.3 Å². The van der Waals surface area contributed by atoms with Crippen molar-refractivity contribution >= 4 is 26.0 Å². The number of aromatic nitrogens is 3.